The van der Waals surface area contributed by atoms with Gasteiger partial charge in [0.2, 0.25) is 0 Å². The summed E-state index contributed by atoms with van der Waals surface area (Å²) in [5, 5.41) is 11.3. The van der Waals surface area contributed by atoms with E-state index in [1.165, 1.54) is 24.3 Å². The molecule has 0 spiro atoms. The lowest BCUT2D eigenvalue weighted by molar-refractivity contribution is 1.01. The Hall–Kier alpha value is -2.52. The first-order valence-electron chi connectivity index (χ1n) is 5.47. The van der Waals surface area contributed by atoms with Gasteiger partial charge in [-0.15, -0.1) is 0 Å². The Kier molecular flexibility index (Phi) is 3.04. The van der Waals surface area contributed by atoms with Crippen LogP contribution in [0.4, 0.5) is 0 Å². The van der Waals surface area contributed by atoms with Gasteiger partial charge in [-0.05, 0) is 17.8 Å². The van der Waals surface area contributed by atoms with Crippen LogP contribution >= 0.6 is 11.8 Å². The summed E-state index contributed by atoms with van der Waals surface area (Å²) >= 11 is 1.32. The van der Waals surface area contributed by atoms with Crippen molar-refractivity contribution < 1.29 is 0 Å². The highest BCUT2D eigenvalue weighted by Crippen LogP contribution is 2.30. The lowest BCUT2D eigenvalue weighted by Crippen LogP contribution is -1.92. The molecule has 0 atom stereocenters. The molecule has 0 fully saturated rings. The van der Waals surface area contributed by atoms with Crippen LogP contribution in [-0.4, -0.2) is 19.9 Å². The van der Waals surface area contributed by atoms with Gasteiger partial charge in [0.25, 0.3) is 0 Å². The van der Waals surface area contributed by atoms with Gasteiger partial charge in [-0.25, -0.2) is 19.9 Å². The van der Waals surface area contributed by atoms with Crippen LogP contribution in [0.15, 0.2) is 53.0 Å². The van der Waals surface area contributed by atoms with Gasteiger partial charge < -0.3 is 0 Å². The summed E-state index contributed by atoms with van der Waals surface area (Å²) in [6, 6.07) is 9.74. The van der Waals surface area contributed by atoms with Gasteiger partial charge in [-0.3, -0.25) is 0 Å². The quantitative estimate of drug-likeness (QED) is 0.662. The first-order valence-corrected chi connectivity index (χ1v) is 6.29. The molecule has 0 unspecified atom stereocenters. The monoisotopic (exact) mass is 265 g/mol. The molecule has 90 valence electrons. The van der Waals surface area contributed by atoms with Crippen LogP contribution in [0.25, 0.3) is 10.9 Å². The van der Waals surface area contributed by atoms with Crippen LogP contribution in [-0.2, 0) is 0 Å². The van der Waals surface area contributed by atoms with Gasteiger partial charge in [-0.2, -0.15) is 5.26 Å². The average Bonchev–Trinajstić information content (AvgIpc) is 2.48. The fourth-order valence-corrected chi connectivity index (χ4v) is 2.50. The molecule has 2 aromatic heterocycles. The van der Waals surface area contributed by atoms with Gasteiger partial charge >= 0.3 is 0 Å². The van der Waals surface area contributed by atoms with E-state index in [2.05, 4.69) is 19.9 Å². The molecule has 6 heteroatoms. The lowest BCUT2D eigenvalue weighted by atomic mass is 10.2. The number of rotatable bonds is 2. The maximum Gasteiger partial charge on any atom is 0.173 e. The second kappa shape index (κ2) is 5.00. The molecule has 5 nitrogen and oxygen atoms in total. The van der Waals surface area contributed by atoms with Crippen molar-refractivity contribution in [3.8, 4) is 6.07 Å². The van der Waals surface area contributed by atoms with E-state index in [1.54, 1.807) is 6.20 Å². The second-order valence-electron chi connectivity index (χ2n) is 3.62. The van der Waals surface area contributed by atoms with Crippen molar-refractivity contribution in [2.45, 2.75) is 10.1 Å². The Balaban J connectivity index is 2.09. The summed E-state index contributed by atoms with van der Waals surface area (Å²) in [7, 11) is 0. The van der Waals surface area contributed by atoms with Gasteiger partial charge in [0.05, 0.1) is 5.52 Å². The van der Waals surface area contributed by atoms with Crippen molar-refractivity contribution in [1.29, 1.82) is 5.26 Å². The van der Waals surface area contributed by atoms with Crippen LogP contribution in [0.3, 0.4) is 0 Å². The minimum absolute atomic E-state index is 0.301. The summed E-state index contributed by atoms with van der Waals surface area (Å²) in [6.07, 6.45) is 4.57. The van der Waals surface area contributed by atoms with Crippen molar-refractivity contribution >= 4 is 22.7 Å². The number of aromatic nitrogens is 4. The number of fused-ring (bicyclic) bond motifs is 1. The number of benzene rings is 1. The smallest absolute Gasteiger partial charge is 0.173 e. The molecule has 0 saturated carbocycles. The zero-order chi connectivity index (χ0) is 13.1. The number of hydrogen-bond acceptors (Lipinski definition) is 6. The predicted octanol–water partition coefficient (Wildman–Crippen LogP) is 2.44. The third-order valence-corrected chi connectivity index (χ3v) is 3.48. The molecule has 0 N–H and O–H groups in total. The fourth-order valence-electron chi connectivity index (χ4n) is 1.63. The van der Waals surface area contributed by atoms with Gasteiger partial charge in [0.1, 0.15) is 22.4 Å². The van der Waals surface area contributed by atoms with Crippen molar-refractivity contribution in [3.63, 3.8) is 0 Å². The molecular formula is C13H7N5S. The molecule has 3 rings (SSSR count). The third kappa shape index (κ3) is 2.23. The Labute approximate surface area is 113 Å². The third-order valence-electron chi connectivity index (χ3n) is 2.47. The molecule has 0 amide bonds. The number of nitrogens with zero attached hydrogens (tertiary/aromatic N) is 5. The number of para-hydroxylation sites is 1. The highest BCUT2D eigenvalue weighted by atomic mass is 32.2. The van der Waals surface area contributed by atoms with Crippen molar-refractivity contribution in [2.75, 3.05) is 0 Å². The Bertz CT molecular complexity index is 776. The maximum absolute atomic E-state index is 9.01. The van der Waals surface area contributed by atoms with E-state index in [9.17, 15) is 0 Å². The number of nitriles is 1. The molecule has 0 radical (unpaired) electrons. The first-order chi connectivity index (χ1) is 9.38. The molecular weight excluding hydrogens is 258 g/mol. The highest BCUT2D eigenvalue weighted by Gasteiger charge is 2.10. The van der Waals surface area contributed by atoms with E-state index in [1.807, 2.05) is 30.3 Å². The van der Waals surface area contributed by atoms with E-state index in [0.717, 1.165) is 15.9 Å². The minimum Gasteiger partial charge on any atom is -0.245 e. The molecule has 0 saturated heterocycles. The van der Waals surface area contributed by atoms with Crippen molar-refractivity contribution in [1.82, 2.24) is 19.9 Å². The zero-order valence-electron chi connectivity index (χ0n) is 9.69. The summed E-state index contributed by atoms with van der Waals surface area (Å²) < 4.78 is 0. The van der Waals surface area contributed by atoms with Gasteiger partial charge in [0, 0.05) is 17.8 Å². The number of hydrogen-bond donors (Lipinski definition) is 0. The van der Waals surface area contributed by atoms with Crippen LogP contribution in [0, 0.1) is 11.3 Å². The summed E-state index contributed by atoms with van der Waals surface area (Å²) in [4.78, 5) is 16.6. The van der Waals surface area contributed by atoms with Gasteiger partial charge in [-0.1, -0.05) is 18.2 Å². The van der Waals surface area contributed by atoms with Crippen LogP contribution < -0.4 is 0 Å². The minimum atomic E-state index is 0.301. The van der Waals surface area contributed by atoms with E-state index in [-0.39, 0.29) is 0 Å². The normalized spacial score (nSPS) is 10.3. The summed E-state index contributed by atoms with van der Waals surface area (Å²) in [5.74, 6) is 0. The molecule has 1 aromatic carbocycles. The molecule has 2 heterocycles. The zero-order valence-corrected chi connectivity index (χ0v) is 10.5. The first kappa shape index (κ1) is 11.6. The molecule has 0 bridgehead atoms. The average molecular weight is 265 g/mol. The Morgan fingerprint density at radius 1 is 0.947 bits per heavy atom. The Morgan fingerprint density at radius 3 is 2.68 bits per heavy atom. The summed E-state index contributed by atoms with van der Waals surface area (Å²) in [5.41, 5.74) is 1.16. The van der Waals surface area contributed by atoms with Crippen LogP contribution in [0.5, 0.6) is 0 Å². The topological polar surface area (TPSA) is 75.3 Å². The second-order valence-corrected chi connectivity index (χ2v) is 4.60. The van der Waals surface area contributed by atoms with E-state index in [0.29, 0.717) is 10.7 Å². The largest absolute Gasteiger partial charge is 0.245 e. The standard InChI is InChI=1S/C13H7N5S/c14-7-11-13(16-6-5-15-11)19-12-9-3-1-2-4-10(9)17-8-18-12/h1-6,8H. The van der Waals surface area contributed by atoms with Crippen molar-refractivity contribution in [2.24, 2.45) is 0 Å². The molecule has 0 aliphatic rings. The van der Waals surface area contributed by atoms with E-state index < -0.39 is 0 Å². The fraction of sp³-hybridized carbons (Fsp3) is 0. The maximum atomic E-state index is 9.01. The van der Waals surface area contributed by atoms with Crippen LogP contribution in [0.2, 0.25) is 0 Å². The Morgan fingerprint density at radius 2 is 1.79 bits per heavy atom. The highest BCUT2D eigenvalue weighted by molar-refractivity contribution is 7.99. The van der Waals surface area contributed by atoms with Gasteiger partial charge in [0.15, 0.2) is 5.69 Å². The molecule has 0 aliphatic heterocycles. The van der Waals surface area contributed by atoms with E-state index in [4.69, 9.17) is 5.26 Å². The SMILES string of the molecule is N#Cc1nccnc1Sc1ncnc2ccccc12. The molecule has 0 aliphatic carbocycles. The summed E-state index contributed by atoms with van der Waals surface area (Å²) in [6.45, 7) is 0. The van der Waals surface area contributed by atoms with Crippen molar-refractivity contribution in [3.05, 3.63) is 48.7 Å². The predicted molar refractivity (Wildman–Crippen MR) is 70.4 cm³/mol. The lowest BCUT2D eigenvalue weighted by Gasteiger charge is -2.04. The molecule has 3 aromatic rings. The molecule has 19 heavy (non-hydrogen) atoms. The van der Waals surface area contributed by atoms with E-state index >= 15 is 0 Å². The van der Waals surface area contributed by atoms with Crippen LogP contribution in [0.1, 0.15) is 5.69 Å².